The van der Waals surface area contributed by atoms with Crippen molar-refractivity contribution < 1.29 is 9.59 Å². The minimum absolute atomic E-state index is 0. The molecule has 5 nitrogen and oxygen atoms in total. The van der Waals surface area contributed by atoms with E-state index in [2.05, 4.69) is 12.2 Å². The van der Waals surface area contributed by atoms with E-state index in [9.17, 15) is 9.59 Å². The summed E-state index contributed by atoms with van der Waals surface area (Å²) < 4.78 is 0. The van der Waals surface area contributed by atoms with Crippen molar-refractivity contribution in [2.24, 2.45) is 17.6 Å². The molecule has 138 valence electrons. The van der Waals surface area contributed by atoms with Crippen LogP contribution in [0.4, 0.5) is 0 Å². The molecule has 1 aliphatic heterocycles. The van der Waals surface area contributed by atoms with Gasteiger partial charge in [0.2, 0.25) is 5.91 Å². The molecule has 1 aromatic carbocycles. The molecule has 1 saturated carbocycles. The highest BCUT2D eigenvalue weighted by Gasteiger charge is 2.42. The monoisotopic (exact) mass is 365 g/mol. The van der Waals surface area contributed by atoms with Crippen LogP contribution in [-0.2, 0) is 4.79 Å². The molecule has 0 spiro atoms. The van der Waals surface area contributed by atoms with Crippen molar-refractivity contribution in [2.45, 2.75) is 38.1 Å². The van der Waals surface area contributed by atoms with Crippen LogP contribution >= 0.6 is 12.4 Å². The van der Waals surface area contributed by atoms with E-state index >= 15 is 0 Å². The quantitative estimate of drug-likeness (QED) is 0.839. The van der Waals surface area contributed by atoms with E-state index in [0.29, 0.717) is 31.1 Å². The third-order valence-electron chi connectivity index (χ3n) is 5.48. The number of carbonyl (C=O) groups excluding carboxylic acids is 2. The summed E-state index contributed by atoms with van der Waals surface area (Å²) in [7, 11) is 0. The van der Waals surface area contributed by atoms with Crippen LogP contribution in [0.2, 0.25) is 0 Å². The summed E-state index contributed by atoms with van der Waals surface area (Å²) in [6.07, 6.45) is 3.74. The topological polar surface area (TPSA) is 75.4 Å². The molecule has 0 radical (unpaired) electrons. The molecule has 2 amide bonds. The minimum atomic E-state index is -0.270. The first-order chi connectivity index (χ1) is 11.5. The molecular weight excluding hydrogens is 338 g/mol. The molecule has 1 atom stereocenters. The molecule has 3 N–H and O–H groups in total. The summed E-state index contributed by atoms with van der Waals surface area (Å²) in [4.78, 5) is 26.9. The van der Waals surface area contributed by atoms with Gasteiger partial charge in [0.1, 0.15) is 0 Å². The predicted octanol–water partition coefficient (Wildman–Crippen LogP) is 2.20. The number of likely N-dealkylation sites (tertiary alicyclic amines) is 1. The molecular formula is C19H28ClN3O2. The van der Waals surface area contributed by atoms with Crippen LogP contribution < -0.4 is 11.1 Å². The highest BCUT2D eigenvalue weighted by atomic mass is 35.5. The number of hydrogen-bond acceptors (Lipinski definition) is 3. The predicted molar refractivity (Wildman–Crippen MR) is 101 cm³/mol. The first kappa shape index (κ1) is 19.7. The SMILES string of the molecule is CC(CN)(NC(=O)C1CCN(C(=O)c2ccccc2)CC1)C1CC1.Cl. The van der Waals surface area contributed by atoms with Crippen molar-refractivity contribution in [1.29, 1.82) is 0 Å². The molecule has 2 aliphatic rings. The van der Waals surface area contributed by atoms with E-state index in [1.807, 2.05) is 35.2 Å². The first-order valence-corrected chi connectivity index (χ1v) is 8.90. The van der Waals surface area contributed by atoms with E-state index in [1.54, 1.807) is 0 Å². The number of carbonyl (C=O) groups is 2. The van der Waals surface area contributed by atoms with E-state index in [1.165, 1.54) is 0 Å². The number of halogens is 1. The molecule has 1 aliphatic carbocycles. The molecule has 6 heteroatoms. The van der Waals surface area contributed by atoms with Crippen LogP contribution in [-0.4, -0.2) is 41.9 Å². The lowest BCUT2D eigenvalue weighted by molar-refractivity contribution is -0.128. The highest BCUT2D eigenvalue weighted by molar-refractivity contribution is 5.94. The first-order valence-electron chi connectivity index (χ1n) is 8.90. The maximum absolute atomic E-state index is 12.6. The van der Waals surface area contributed by atoms with Crippen LogP contribution in [0.3, 0.4) is 0 Å². The molecule has 3 rings (SSSR count). The molecule has 0 bridgehead atoms. The number of amides is 2. The van der Waals surface area contributed by atoms with Gasteiger partial charge in [0.15, 0.2) is 0 Å². The second-order valence-electron chi connectivity index (χ2n) is 7.32. The average Bonchev–Trinajstić information content (AvgIpc) is 3.47. The molecule has 1 unspecified atom stereocenters. The van der Waals surface area contributed by atoms with Gasteiger partial charge in [0.05, 0.1) is 5.54 Å². The Balaban J connectivity index is 0.00000225. The Bertz CT molecular complexity index is 598. The van der Waals surface area contributed by atoms with Crippen molar-refractivity contribution in [3.63, 3.8) is 0 Å². The summed E-state index contributed by atoms with van der Waals surface area (Å²) in [6, 6.07) is 9.33. The fourth-order valence-electron chi connectivity index (χ4n) is 3.53. The van der Waals surface area contributed by atoms with Crippen LogP contribution in [0.25, 0.3) is 0 Å². The number of nitrogens with zero attached hydrogens (tertiary/aromatic N) is 1. The normalized spacial score (nSPS) is 20.3. The smallest absolute Gasteiger partial charge is 0.253 e. The lowest BCUT2D eigenvalue weighted by Crippen LogP contribution is -2.55. The maximum Gasteiger partial charge on any atom is 0.253 e. The number of rotatable bonds is 5. The van der Waals surface area contributed by atoms with Gasteiger partial charge in [-0.2, -0.15) is 0 Å². The number of piperidine rings is 1. The van der Waals surface area contributed by atoms with Crippen LogP contribution in [0.5, 0.6) is 0 Å². The van der Waals surface area contributed by atoms with Gasteiger partial charge in [0, 0.05) is 31.1 Å². The largest absolute Gasteiger partial charge is 0.349 e. The third kappa shape index (κ3) is 4.53. The van der Waals surface area contributed by atoms with Crippen molar-refractivity contribution in [3.05, 3.63) is 35.9 Å². The van der Waals surface area contributed by atoms with Gasteiger partial charge in [-0.1, -0.05) is 18.2 Å². The fourth-order valence-corrected chi connectivity index (χ4v) is 3.53. The van der Waals surface area contributed by atoms with Crippen LogP contribution in [0.15, 0.2) is 30.3 Å². The van der Waals surface area contributed by atoms with Gasteiger partial charge < -0.3 is 16.0 Å². The summed E-state index contributed by atoms with van der Waals surface area (Å²) >= 11 is 0. The Morgan fingerprint density at radius 3 is 2.28 bits per heavy atom. The van der Waals surface area contributed by atoms with Crippen LogP contribution in [0, 0.1) is 11.8 Å². The van der Waals surface area contributed by atoms with Gasteiger partial charge in [-0.3, -0.25) is 9.59 Å². The number of nitrogens with one attached hydrogen (secondary N) is 1. The maximum atomic E-state index is 12.6. The molecule has 25 heavy (non-hydrogen) atoms. The lowest BCUT2D eigenvalue weighted by Gasteiger charge is -2.35. The van der Waals surface area contributed by atoms with E-state index in [-0.39, 0.29) is 35.7 Å². The Kier molecular flexibility index (Phi) is 6.47. The standard InChI is InChI=1S/C19H27N3O2.ClH/c1-19(13-20,16-7-8-16)21-17(23)14-9-11-22(12-10-14)18(24)15-5-3-2-4-6-15;/h2-6,14,16H,7-13,20H2,1H3,(H,21,23);1H. The summed E-state index contributed by atoms with van der Waals surface area (Å²) in [6.45, 7) is 3.80. The number of benzene rings is 1. The summed E-state index contributed by atoms with van der Waals surface area (Å²) in [5, 5.41) is 3.18. The van der Waals surface area contributed by atoms with Gasteiger partial charge in [-0.25, -0.2) is 0 Å². The molecule has 1 aromatic rings. The minimum Gasteiger partial charge on any atom is -0.349 e. The van der Waals surface area contributed by atoms with Gasteiger partial charge in [0.25, 0.3) is 5.91 Å². The van der Waals surface area contributed by atoms with Gasteiger partial charge in [-0.15, -0.1) is 12.4 Å². The lowest BCUT2D eigenvalue weighted by atomic mass is 9.91. The average molecular weight is 366 g/mol. The molecule has 1 heterocycles. The van der Waals surface area contributed by atoms with E-state index in [4.69, 9.17) is 5.73 Å². The van der Waals surface area contributed by atoms with Gasteiger partial charge >= 0.3 is 0 Å². The summed E-state index contributed by atoms with van der Waals surface area (Å²) in [5.74, 6) is 0.654. The van der Waals surface area contributed by atoms with E-state index < -0.39 is 0 Å². The van der Waals surface area contributed by atoms with Crippen molar-refractivity contribution >= 4 is 24.2 Å². The Labute approximate surface area is 155 Å². The van der Waals surface area contributed by atoms with Crippen molar-refractivity contribution in [2.75, 3.05) is 19.6 Å². The van der Waals surface area contributed by atoms with E-state index in [0.717, 1.165) is 25.7 Å². The third-order valence-corrected chi connectivity index (χ3v) is 5.48. The zero-order chi connectivity index (χ0) is 17.2. The summed E-state index contributed by atoms with van der Waals surface area (Å²) in [5.41, 5.74) is 6.33. The zero-order valence-corrected chi connectivity index (χ0v) is 15.6. The second kappa shape index (κ2) is 8.19. The molecule has 1 saturated heterocycles. The van der Waals surface area contributed by atoms with Gasteiger partial charge in [-0.05, 0) is 50.7 Å². The Morgan fingerprint density at radius 2 is 1.76 bits per heavy atom. The highest BCUT2D eigenvalue weighted by Crippen LogP contribution is 2.39. The number of hydrogen-bond donors (Lipinski definition) is 2. The van der Waals surface area contributed by atoms with Crippen molar-refractivity contribution in [3.8, 4) is 0 Å². The zero-order valence-electron chi connectivity index (χ0n) is 14.7. The Morgan fingerprint density at radius 1 is 1.16 bits per heavy atom. The van der Waals surface area contributed by atoms with Crippen LogP contribution in [0.1, 0.15) is 43.0 Å². The Hall–Kier alpha value is -1.59. The molecule has 0 aromatic heterocycles. The number of nitrogens with two attached hydrogens (primary N) is 1. The van der Waals surface area contributed by atoms with Crippen molar-refractivity contribution in [1.82, 2.24) is 10.2 Å². The fraction of sp³-hybridized carbons (Fsp3) is 0.579. The molecule has 2 fully saturated rings. The second-order valence-corrected chi connectivity index (χ2v) is 7.32.